The predicted molar refractivity (Wildman–Crippen MR) is 66.8 cm³/mol. The van der Waals surface area contributed by atoms with Crippen molar-refractivity contribution in [1.29, 1.82) is 0 Å². The van der Waals surface area contributed by atoms with Crippen molar-refractivity contribution in [2.45, 2.75) is 19.9 Å². The summed E-state index contributed by atoms with van der Waals surface area (Å²) >= 11 is 0. The van der Waals surface area contributed by atoms with Crippen LogP contribution in [0.2, 0.25) is 0 Å². The lowest BCUT2D eigenvalue weighted by molar-refractivity contribution is 0.557. The van der Waals surface area contributed by atoms with Gasteiger partial charge in [0.05, 0.1) is 5.69 Å². The minimum atomic E-state index is 0.0678. The number of nitrogens with zero attached hydrogens (tertiary/aromatic N) is 2. The lowest BCUT2D eigenvalue weighted by Gasteiger charge is -2.05. The van der Waals surface area contributed by atoms with Crippen molar-refractivity contribution in [3.05, 3.63) is 52.6 Å². The zero-order valence-corrected chi connectivity index (χ0v) is 9.76. The van der Waals surface area contributed by atoms with Gasteiger partial charge in [-0.2, -0.15) is 0 Å². The molecule has 2 aromatic rings. The Hall–Kier alpha value is -1.90. The van der Waals surface area contributed by atoms with Gasteiger partial charge in [-0.15, -0.1) is 0 Å². The molecule has 0 amide bonds. The molecule has 0 bridgehead atoms. The van der Waals surface area contributed by atoms with Crippen molar-refractivity contribution in [3.8, 4) is 11.3 Å². The van der Waals surface area contributed by atoms with E-state index < -0.39 is 0 Å². The Kier molecular flexibility index (Phi) is 2.32. The molecule has 0 aliphatic carbocycles. The van der Waals surface area contributed by atoms with E-state index in [-0.39, 0.29) is 5.56 Å². The van der Waals surface area contributed by atoms with Crippen molar-refractivity contribution >= 4 is 0 Å². The van der Waals surface area contributed by atoms with E-state index in [9.17, 15) is 4.79 Å². The summed E-state index contributed by atoms with van der Waals surface area (Å²) in [6, 6.07) is 11.5. The van der Waals surface area contributed by atoms with Crippen LogP contribution in [0.25, 0.3) is 11.3 Å². The first kappa shape index (κ1) is 10.3. The van der Waals surface area contributed by atoms with Gasteiger partial charge in [-0.25, -0.2) is 4.98 Å². The van der Waals surface area contributed by atoms with Gasteiger partial charge in [0.15, 0.2) is 0 Å². The molecule has 0 radical (unpaired) electrons. The van der Waals surface area contributed by atoms with E-state index in [2.05, 4.69) is 11.9 Å². The maximum atomic E-state index is 12.0. The molecule has 1 atom stereocenters. The molecule has 0 spiro atoms. The van der Waals surface area contributed by atoms with E-state index in [0.29, 0.717) is 5.92 Å². The highest BCUT2D eigenvalue weighted by Crippen LogP contribution is 2.20. The predicted octanol–water partition coefficient (Wildman–Crippen LogP) is 2.10. The van der Waals surface area contributed by atoms with Gasteiger partial charge in [-0.1, -0.05) is 37.3 Å². The van der Waals surface area contributed by atoms with Gasteiger partial charge < -0.3 is 0 Å². The number of hydrogen-bond donors (Lipinski definition) is 0. The van der Waals surface area contributed by atoms with Crippen LogP contribution in [-0.2, 0) is 13.0 Å². The van der Waals surface area contributed by atoms with Crippen LogP contribution in [0.3, 0.4) is 0 Å². The third-order valence-corrected chi connectivity index (χ3v) is 3.18. The highest BCUT2D eigenvalue weighted by atomic mass is 16.1. The van der Waals surface area contributed by atoms with Crippen molar-refractivity contribution in [2.24, 2.45) is 5.92 Å². The third kappa shape index (κ3) is 1.78. The minimum absolute atomic E-state index is 0.0678. The number of fused-ring (bicyclic) bond motifs is 1. The Labute approximate surface area is 99.8 Å². The van der Waals surface area contributed by atoms with Gasteiger partial charge in [0.2, 0.25) is 0 Å². The smallest absolute Gasteiger partial charge is 0.254 e. The third-order valence-electron chi connectivity index (χ3n) is 3.18. The molecule has 86 valence electrons. The second-order valence-corrected chi connectivity index (χ2v) is 4.68. The fourth-order valence-electron chi connectivity index (χ4n) is 2.35. The van der Waals surface area contributed by atoms with Crippen LogP contribution in [0.15, 0.2) is 41.2 Å². The van der Waals surface area contributed by atoms with E-state index in [1.165, 1.54) is 0 Å². The van der Waals surface area contributed by atoms with Gasteiger partial charge in [-0.05, 0) is 5.92 Å². The fourth-order valence-corrected chi connectivity index (χ4v) is 2.35. The molecule has 0 saturated heterocycles. The number of hydrogen-bond acceptors (Lipinski definition) is 2. The zero-order valence-electron chi connectivity index (χ0n) is 9.76. The maximum Gasteiger partial charge on any atom is 0.254 e. The average molecular weight is 226 g/mol. The molecule has 1 unspecified atom stereocenters. The summed E-state index contributed by atoms with van der Waals surface area (Å²) in [5.74, 6) is 1.44. The summed E-state index contributed by atoms with van der Waals surface area (Å²) in [6.07, 6.45) is 0.899. The topological polar surface area (TPSA) is 34.9 Å². The van der Waals surface area contributed by atoms with Crippen molar-refractivity contribution in [3.63, 3.8) is 0 Å². The Morgan fingerprint density at radius 3 is 2.82 bits per heavy atom. The summed E-state index contributed by atoms with van der Waals surface area (Å²) in [7, 11) is 0. The van der Waals surface area contributed by atoms with E-state index in [0.717, 1.165) is 30.0 Å². The molecule has 0 saturated carbocycles. The van der Waals surface area contributed by atoms with Crippen molar-refractivity contribution in [2.75, 3.05) is 0 Å². The molecule has 1 aliphatic heterocycles. The quantitative estimate of drug-likeness (QED) is 0.746. The van der Waals surface area contributed by atoms with E-state index in [4.69, 9.17) is 0 Å². The van der Waals surface area contributed by atoms with Crippen LogP contribution in [0, 0.1) is 5.92 Å². The molecular formula is C14H14N2O. The maximum absolute atomic E-state index is 12.0. The SMILES string of the molecule is CC1Cc2nc(-c3ccccc3)cc(=O)n2C1. The summed E-state index contributed by atoms with van der Waals surface area (Å²) < 4.78 is 1.79. The zero-order chi connectivity index (χ0) is 11.8. The van der Waals surface area contributed by atoms with Crippen LogP contribution < -0.4 is 5.56 Å². The first-order valence-corrected chi connectivity index (χ1v) is 5.90. The normalized spacial score (nSPS) is 18.1. The molecule has 3 nitrogen and oxygen atoms in total. The van der Waals surface area contributed by atoms with E-state index >= 15 is 0 Å². The standard InChI is InChI=1S/C14H14N2O/c1-10-7-13-15-12(8-14(17)16(13)9-10)11-5-3-2-4-6-11/h2-6,8,10H,7,9H2,1H3. The monoisotopic (exact) mass is 226 g/mol. The molecule has 1 aromatic carbocycles. The molecule has 0 fully saturated rings. The molecule has 2 heterocycles. The second-order valence-electron chi connectivity index (χ2n) is 4.68. The Morgan fingerprint density at radius 1 is 1.29 bits per heavy atom. The molecule has 0 N–H and O–H groups in total. The number of aromatic nitrogens is 2. The van der Waals surface area contributed by atoms with Gasteiger partial charge in [-0.3, -0.25) is 9.36 Å². The largest absolute Gasteiger partial charge is 0.296 e. The second kappa shape index (κ2) is 3.84. The van der Waals surface area contributed by atoms with Crippen LogP contribution in [0.4, 0.5) is 0 Å². The highest BCUT2D eigenvalue weighted by Gasteiger charge is 2.20. The van der Waals surface area contributed by atoms with E-state index in [1.54, 1.807) is 10.6 Å². The van der Waals surface area contributed by atoms with Gasteiger partial charge in [0, 0.05) is 24.6 Å². The summed E-state index contributed by atoms with van der Waals surface area (Å²) in [5.41, 5.74) is 1.86. The molecule has 3 rings (SSSR count). The van der Waals surface area contributed by atoms with Gasteiger partial charge in [0.1, 0.15) is 5.82 Å². The van der Waals surface area contributed by atoms with Crippen LogP contribution >= 0.6 is 0 Å². The Balaban J connectivity index is 2.14. The van der Waals surface area contributed by atoms with Gasteiger partial charge >= 0.3 is 0 Å². The Bertz CT molecular complexity index is 601. The van der Waals surface area contributed by atoms with Gasteiger partial charge in [0.25, 0.3) is 5.56 Å². The average Bonchev–Trinajstić information content (AvgIpc) is 2.71. The number of benzene rings is 1. The van der Waals surface area contributed by atoms with Crippen LogP contribution in [-0.4, -0.2) is 9.55 Å². The minimum Gasteiger partial charge on any atom is -0.296 e. The first-order valence-electron chi connectivity index (χ1n) is 5.90. The fraction of sp³-hybridized carbons (Fsp3) is 0.286. The van der Waals surface area contributed by atoms with Crippen molar-refractivity contribution in [1.82, 2.24) is 9.55 Å². The molecule has 3 heteroatoms. The summed E-state index contributed by atoms with van der Waals surface area (Å²) in [4.78, 5) is 16.6. The molecule has 1 aromatic heterocycles. The Morgan fingerprint density at radius 2 is 2.06 bits per heavy atom. The van der Waals surface area contributed by atoms with E-state index in [1.807, 2.05) is 30.3 Å². The van der Waals surface area contributed by atoms with Crippen molar-refractivity contribution < 1.29 is 0 Å². The lowest BCUT2D eigenvalue weighted by Crippen LogP contribution is -2.20. The van der Waals surface area contributed by atoms with Crippen LogP contribution in [0.1, 0.15) is 12.7 Å². The number of rotatable bonds is 1. The lowest BCUT2D eigenvalue weighted by atomic mass is 10.1. The highest BCUT2D eigenvalue weighted by molar-refractivity contribution is 5.58. The van der Waals surface area contributed by atoms with Crippen LogP contribution in [0.5, 0.6) is 0 Å². The molecule has 17 heavy (non-hydrogen) atoms. The molecule has 1 aliphatic rings. The molecular weight excluding hydrogens is 212 g/mol. The first-order chi connectivity index (χ1) is 8.24. The summed E-state index contributed by atoms with van der Waals surface area (Å²) in [6.45, 7) is 2.95. The summed E-state index contributed by atoms with van der Waals surface area (Å²) in [5, 5.41) is 0.